The molecule has 0 radical (unpaired) electrons. The predicted octanol–water partition coefficient (Wildman–Crippen LogP) is 3.93. The van der Waals surface area contributed by atoms with E-state index in [2.05, 4.69) is 27.8 Å². The minimum atomic E-state index is 0.0742. The summed E-state index contributed by atoms with van der Waals surface area (Å²) in [6, 6.07) is 9.90. The van der Waals surface area contributed by atoms with Crippen molar-refractivity contribution in [2.75, 3.05) is 49.1 Å². The molecule has 1 amide bonds. The fraction of sp³-hybridized carbons (Fsp3) is 0.455. The van der Waals surface area contributed by atoms with E-state index in [0.717, 1.165) is 42.6 Å². The molecule has 28 heavy (non-hydrogen) atoms. The molecule has 5 nitrogen and oxygen atoms in total. The highest BCUT2D eigenvalue weighted by Crippen LogP contribution is 2.24. The Kier molecular flexibility index (Phi) is 5.72. The molecular formula is C22H27ClN4O. The zero-order valence-corrected chi connectivity index (χ0v) is 17.1. The van der Waals surface area contributed by atoms with E-state index < -0.39 is 0 Å². The Morgan fingerprint density at radius 2 is 1.86 bits per heavy atom. The Labute approximate surface area is 171 Å². The number of pyridine rings is 1. The molecule has 6 heteroatoms. The molecule has 2 aliphatic rings. The van der Waals surface area contributed by atoms with Crippen LogP contribution in [0, 0.1) is 5.92 Å². The summed E-state index contributed by atoms with van der Waals surface area (Å²) in [6.07, 6.45) is 6.05. The quantitative estimate of drug-likeness (QED) is 0.785. The monoisotopic (exact) mass is 398 g/mol. The lowest BCUT2D eigenvalue weighted by Gasteiger charge is -2.36. The van der Waals surface area contributed by atoms with Gasteiger partial charge in [0.25, 0.3) is 5.91 Å². The van der Waals surface area contributed by atoms with E-state index in [9.17, 15) is 4.79 Å². The number of benzene rings is 1. The Bertz CT molecular complexity index is 835. The molecule has 3 heterocycles. The molecule has 0 saturated carbocycles. The van der Waals surface area contributed by atoms with Crippen LogP contribution in [0.3, 0.4) is 0 Å². The highest BCUT2D eigenvalue weighted by Gasteiger charge is 2.24. The van der Waals surface area contributed by atoms with Crippen LogP contribution in [0.25, 0.3) is 0 Å². The first-order chi connectivity index (χ1) is 13.6. The zero-order valence-electron chi connectivity index (χ0n) is 16.4. The number of rotatable bonds is 3. The van der Waals surface area contributed by atoms with Gasteiger partial charge in [0.05, 0.1) is 17.4 Å². The van der Waals surface area contributed by atoms with Gasteiger partial charge in [-0.15, -0.1) is 0 Å². The summed E-state index contributed by atoms with van der Waals surface area (Å²) in [5.41, 5.74) is 2.87. The number of amides is 1. The van der Waals surface area contributed by atoms with Gasteiger partial charge in [-0.05, 0) is 43.0 Å². The number of piperazine rings is 1. The van der Waals surface area contributed by atoms with Crippen molar-refractivity contribution < 1.29 is 4.79 Å². The molecule has 148 valence electrons. The second kappa shape index (κ2) is 8.39. The van der Waals surface area contributed by atoms with E-state index in [1.54, 1.807) is 6.20 Å². The average Bonchev–Trinajstić information content (AvgIpc) is 2.73. The normalized spacial score (nSPS) is 20.4. The number of carbonyl (C=O) groups excluding carboxylic acids is 1. The van der Waals surface area contributed by atoms with E-state index in [4.69, 9.17) is 11.6 Å². The van der Waals surface area contributed by atoms with Crippen molar-refractivity contribution in [1.82, 2.24) is 9.88 Å². The van der Waals surface area contributed by atoms with Gasteiger partial charge >= 0.3 is 0 Å². The number of piperidine rings is 1. The van der Waals surface area contributed by atoms with E-state index in [-0.39, 0.29) is 5.91 Å². The molecule has 2 aliphatic heterocycles. The summed E-state index contributed by atoms with van der Waals surface area (Å²) in [6.45, 7) is 7.39. The van der Waals surface area contributed by atoms with Crippen LogP contribution < -0.4 is 9.80 Å². The first-order valence-corrected chi connectivity index (χ1v) is 10.5. The van der Waals surface area contributed by atoms with Gasteiger partial charge in [0.15, 0.2) is 0 Å². The van der Waals surface area contributed by atoms with Gasteiger partial charge in [-0.2, -0.15) is 0 Å². The van der Waals surface area contributed by atoms with Crippen LogP contribution in [0.1, 0.15) is 30.1 Å². The summed E-state index contributed by atoms with van der Waals surface area (Å²) in [7, 11) is 0. The van der Waals surface area contributed by atoms with Crippen LogP contribution in [-0.4, -0.2) is 55.1 Å². The molecule has 1 atom stereocenters. The lowest BCUT2D eigenvalue weighted by atomic mass is 10.00. The highest BCUT2D eigenvalue weighted by atomic mass is 35.5. The fourth-order valence-electron chi connectivity index (χ4n) is 4.16. The van der Waals surface area contributed by atoms with Gasteiger partial charge in [0.1, 0.15) is 0 Å². The minimum Gasteiger partial charge on any atom is -0.370 e. The van der Waals surface area contributed by atoms with Gasteiger partial charge in [-0.1, -0.05) is 24.6 Å². The third kappa shape index (κ3) is 4.25. The van der Waals surface area contributed by atoms with Crippen molar-refractivity contribution in [3.63, 3.8) is 0 Å². The minimum absolute atomic E-state index is 0.0742. The highest BCUT2D eigenvalue weighted by molar-refractivity contribution is 6.30. The standard InChI is InChI=1S/C22H27ClN4O/c1-17-4-3-7-27(16-17)21-12-18(14-24-15-21)22(28)26-10-8-25(9-11-26)20-6-2-5-19(23)13-20/h2,5-6,12-15,17H,3-4,7-11,16H2,1H3. The largest absolute Gasteiger partial charge is 0.370 e. The number of carbonyl (C=O) groups is 1. The molecule has 1 unspecified atom stereocenters. The topological polar surface area (TPSA) is 39.7 Å². The molecule has 0 N–H and O–H groups in total. The first-order valence-electron chi connectivity index (χ1n) is 10.1. The maximum absolute atomic E-state index is 13.0. The summed E-state index contributed by atoms with van der Waals surface area (Å²) < 4.78 is 0. The van der Waals surface area contributed by atoms with E-state index >= 15 is 0 Å². The van der Waals surface area contributed by atoms with E-state index in [0.29, 0.717) is 24.6 Å². The van der Waals surface area contributed by atoms with Crippen LogP contribution in [0.2, 0.25) is 5.02 Å². The molecule has 0 spiro atoms. The van der Waals surface area contributed by atoms with Gasteiger partial charge in [-0.25, -0.2) is 0 Å². The van der Waals surface area contributed by atoms with Gasteiger partial charge < -0.3 is 14.7 Å². The maximum atomic E-state index is 13.0. The summed E-state index contributed by atoms with van der Waals surface area (Å²) in [4.78, 5) is 23.9. The third-order valence-electron chi connectivity index (χ3n) is 5.73. The molecule has 2 aromatic rings. The third-order valence-corrected chi connectivity index (χ3v) is 5.97. The second-order valence-electron chi connectivity index (χ2n) is 7.88. The molecule has 0 bridgehead atoms. The van der Waals surface area contributed by atoms with Crippen LogP contribution >= 0.6 is 11.6 Å². The fourth-order valence-corrected chi connectivity index (χ4v) is 4.35. The number of hydrogen-bond donors (Lipinski definition) is 0. The van der Waals surface area contributed by atoms with E-state index in [1.807, 2.05) is 35.4 Å². The lowest BCUT2D eigenvalue weighted by Crippen LogP contribution is -2.48. The van der Waals surface area contributed by atoms with Crippen LogP contribution in [-0.2, 0) is 0 Å². The number of halogens is 1. The molecule has 4 rings (SSSR count). The van der Waals surface area contributed by atoms with Crippen LogP contribution in [0.4, 0.5) is 11.4 Å². The van der Waals surface area contributed by atoms with Gasteiger partial charge in [0.2, 0.25) is 0 Å². The molecule has 2 saturated heterocycles. The van der Waals surface area contributed by atoms with Crippen molar-refractivity contribution >= 4 is 28.9 Å². The molecule has 0 aliphatic carbocycles. The number of nitrogens with zero attached hydrogens (tertiary/aromatic N) is 4. The smallest absolute Gasteiger partial charge is 0.255 e. The Morgan fingerprint density at radius 3 is 2.61 bits per heavy atom. The van der Waals surface area contributed by atoms with Crippen molar-refractivity contribution in [2.24, 2.45) is 5.92 Å². The van der Waals surface area contributed by atoms with Crippen LogP contribution in [0.15, 0.2) is 42.7 Å². The van der Waals surface area contributed by atoms with Crippen molar-refractivity contribution in [3.8, 4) is 0 Å². The Hall–Kier alpha value is -2.27. The first kappa shape index (κ1) is 19.1. The molecule has 1 aromatic heterocycles. The second-order valence-corrected chi connectivity index (χ2v) is 8.32. The average molecular weight is 399 g/mol. The van der Waals surface area contributed by atoms with Crippen LogP contribution in [0.5, 0.6) is 0 Å². The molecular weight excluding hydrogens is 372 g/mol. The van der Waals surface area contributed by atoms with Gasteiger partial charge in [0, 0.05) is 56.2 Å². The lowest BCUT2D eigenvalue weighted by molar-refractivity contribution is 0.0746. The summed E-state index contributed by atoms with van der Waals surface area (Å²) in [5.74, 6) is 0.762. The SMILES string of the molecule is CC1CCCN(c2cncc(C(=O)N3CCN(c4cccc(Cl)c4)CC3)c2)C1. The Morgan fingerprint density at radius 1 is 1.04 bits per heavy atom. The number of aromatic nitrogens is 1. The molecule has 2 fully saturated rings. The van der Waals surface area contributed by atoms with Gasteiger partial charge in [-0.3, -0.25) is 9.78 Å². The predicted molar refractivity (Wildman–Crippen MR) is 114 cm³/mol. The molecule has 1 aromatic carbocycles. The van der Waals surface area contributed by atoms with Crippen molar-refractivity contribution in [2.45, 2.75) is 19.8 Å². The maximum Gasteiger partial charge on any atom is 0.255 e. The number of hydrogen-bond acceptors (Lipinski definition) is 4. The summed E-state index contributed by atoms with van der Waals surface area (Å²) >= 11 is 6.11. The van der Waals surface area contributed by atoms with E-state index in [1.165, 1.54) is 12.8 Å². The zero-order chi connectivity index (χ0) is 19.5. The van der Waals surface area contributed by atoms with Crippen molar-refractivity contribution in [3.05, 3.63) is 53.3 Å². The summed E-state index contributed by atoms with van der Waals surface area (Å²) in [5, 5.41) is 0.742. The number of anilines is 2. The Balaban J connectivity index is 1.41. The van der Waals surface area contributed by atoms with Crippen molar-refractivity contribution in [1.29, 1.82) is 0 Å².